The smallest absolute Gasteiger partial charge is 0.320 e. The molecule has 0 radical (unpaired) electrons. The van der Waals surface area contributed by atoms with E-state index in [1.54, 1.807) is 0 Å². The monoisotopic (exact) mass is 398 g/mol. The summed E-state index contributed by atoms with van der Waals surface area (Å²) >= 11 is 0. The number of esters is 1. The molecule has 0 unspecified atom stereocenters. The quantitative estimate of drug-likeness (QED) is 0.554. The van der Waals surface area contributed by atoms with Gasteiger partial charge in [-0.2, -0.15) is 0 Å². The largest absolute Gasteiger partial charge is 0.480 e. The number of rotatable bonds is 12. The molecule has 156 valence electrons. The molecule has 0 saturated carbocycles. The van der Waals surface area contributed by atoms with E-state index in [0.29, 0.717) is 26.2 Å². The predicted octanol–water partition coefficient (Wildman–Crippen LogP) is 3.03. The molecule has 2 aromatic carbocycles. The number of hydrogen-bond donors (Lipinski definition) is 1. The van der Waals surface area contributed by atoms with E-state index in [9.17, 15) is 14.7 Å². The van der Waals surface area contributed by atoms with Crippen molar-refractivity contribution in [1.29, 1.82) is 0 Å². The van der Waals surface area contributed by atoms with E-state index in [4.69, 9.17) is 4.74 Å². The minimum Gasteiger partial charge on any atom is -0.480 e. The molecule has 2 rings (SSSR count). The van der Waals surface area contributed by atoms with Crippen molar-refractivity contribution in [3.63, 3.8) is 0 Å². The fraction of sp³-hybridized carbons (Fsp3) is 0.391. The number of carboxylic acids is 1. The number of nitrogens with zero attached hydrogens (tertiary/aromatic N) is 2. The van der Waals surface area contributed by atoms with Crippen LogP contribution in [0.2, 0.25) is 0 Å². The van der Waals surface area contributed by atoms with E-state index in [1.807, 2.05) is 84.3 Å². The maximum atomic E-state index is 12.2. The van der Waals surface area contributed by atoms with Crippen molar-refractivity contribution in [2.45, 2.75) is 33.0 Å². The zero-order valence-corrected chi connectivity index (χ0v) is 17.2. The summed E-state index contributed by atoms with van der Waals surface area (Å²) in [5.74, 6) is -1.14. The Labute approximate surface area is 172 Å². The summed E-state index contributed by atoms with van der Waals surface area (Å²) in [6, 6.07) is 19.7. The second-order valence-corrected chi connectivity index (χ2v) is 7.32. The molecule has 0 aliphatic heterocycles. The van der Waals surface area contributed by atoms with Gasteiger partial charge in [-0.3, -0.25) is 19.4 Å². The molecule has 0 bridgehead atoms. The summed E-state index contributed by atoms with van der Waals surface area (Å²) in [7, 11) is 0. The first-order valence-electron chi connectivity index (χ1n) is 9.86. The molecule has 0 aliphatic carbocycles. The lowest BCUT2D eigenvalue weighted by Gasteiger charge is -2.26. The van der Waals surface area contributed by atoms with E-state index >= 15 is 0 Å². The molecule has 6 heteroatoms. The van der Waals surface area contributed by atoms with E-state index in [0.717, 1.165) is 11.1 Å². The third-order valence-electron chi connectivity index (χ3n) is 4.31. The summed E-state index contributed by atoms with van der Waals surface area (Å²) in [5, 5.41) is 9.28. The van der Waals surface area contributed by atoms with Gasteiger partial charge in [0, 0.05) is 26.2 Å². The Kier molecular flexibility index (Phi) is 9.34. The van der Waals surface area contributed by atoms with Crippen LogP contribution in [-0.4, -0.2) is 59.1 Å². The Balaban J connectivity index is 2.03. The topological polar surface area (TPSA) is 70.1 Å². The van der Waals surface area contributed by atoms with Crippen LogP contribution in [0.15, 0.2) is 60.7 Å². The molecule has 0 amide bonds. The average molecular weight is 399 g/mol. The van der Waals surface area contributed by atoms with Crippen molar-refractivity contribution in [1.82, 2.24) is 9.80 Å². The fourth-order valence-corrected chi connectivity index (χ4v) is 3.07. The van der Waals surface area contributed by atoms with Gasteiger partial charge in [-0.05, 0) is 25.0 Å². The highest BCUT2D eigenvalue weighted by Crippen LogP contribution is 2.08. The first-order valence-corrected chi connectivity index (χ1v) is 9.86. The van der Waals surface area contributed by atoms with Crippen LogP contribution in [-0.2, 0) is 27.4 Å². The van der Waals surface area contributed by atoms with Crippen LogP contribution in [0.1, 0.15) is 25.0 Å². The summed E-state index contributed by atoms with van der Waals surface area (Å²) in [5.41, 5.74) is 2.15. The third-order valence-corrected chi connectivity index (χ3v) is 4.31. The lowest BCUT2D eigenvalue weighted by molar-refractivity contribution is -0.149. The standard InChI is InChI=1S/C23H30N2O4/c1-19(2)29-23(28)18-25(16-21-11-7-4-8-12-21)14-13-24(17-22(26)27)15-20-9-5-3-6-10-20/h3-12,19H,13-18H2,1-2H3,(H,26,27). The van der Waals surface area contributed by atoms with Gasteiger partial charge in [0.05, 0.1) is 19.2 Å². The minimum atomic E-state index is -0.866. The number of ether oxygens (including phenoxy) is 1. The van der Waals surface area contributed by atoms with Crippen molar-refractivity contribution in [3.8, 4) is 0 Å². The summed E-state index contributed by atoms with van der Waals surface area (Å²) in [6.07, 6.45) is -0.164. The molecule has 0 fully saturated rings. The summed E-state index contributed by atoms with van der Waals surface area (Å²) < 4.78 is 5.30. The third kappa shape index (κ3) is 9.36. The maximum absolute atomic E-state index is 12.2. The van der Waals surface area contributed by atoms with Gasteiger partial charge < -0.3 is 9.84 Å². The van der Waals surface area contributed by atoms with Crippen LogP contribution in [0.4, 0.5) is 0 Å². The average Bonchev–Trinajstić information content (AvgIpc) is 2.66. The lowest BCUT2D eigenvalue weighted by Crippen LogP contribution is -2.39. The molecule has 0 atom stereocenters. The van der Waals surface area contributed by atoms with E-state index in [-0.39, 0.29) is 25.2 Å². The number of hydrogen-bond acceptors (Lipinski definition) is 5. The lowest BCUT2D eigenvalue weighted by atomic mass is 10.2. The number of carboxylic acid groups (broad SMARTS) is 1. The van der Waals surface area contributed by atoms with Crippen LogP contribution >= 0.6 is 0 Å². The Morgan fingerprint density at radius 2 is 1.28 bits per heavy atom. The molecule has 2 aromatic rings. The molecule has 6 nitrogen and oxygen atoms in total. The molecular weight excluding hydrogens is 368 g/mol. The first kappa shape index (κ1) is 22.6. The van der Waals surface area contributed by atoms with E-state index in [2.05, 4.69) is 0 Å². The van der Waals surface area contributed by atoms with Crippen LogP contribution in [0.3, 0.4) is 0 Å². The van der Waals surface area contributed by atoms with Crippen molar-refractivity contribution in [2.75, 3.05) is 26.2 Å². The zero-order valence-electron chi connectivity index (χ0n) is 17.2. The highest BCUT2D eigenvalue weighted by atomic mass is 16.5. The maximum Gasteiger partial charge on any atom is 0.320 e. The van der Waals surface area contributed by atoms with Gasteiger partial charge in [0.25, 0.3) is 0 Å². The van der Waals surface area contributed by atoms with Crippen LogP contribution in [0.5, 0.6) is 0 Å². The second kappa shape index (κ2) is 12.0. The Morgan fingerprint density at radius 3 is 1.69 bits per heavy atom. The van der Waals surface area contributed by atoms with Crippen molar-refractivity contribution in [2.24, 2.45) is 0 Å². The molecule has 29 heavy (non-hydrogen) atoms. The minimum absolute atomic E-state index is 0.0511. The van der Waals surface area contributed by atoms with Gasteiger partial charge in [-0.25, -0.2) is 0 Å². The van der Waals surface area contributed by atoms with Crippen LogP contribution < -0.4 is 0 Å². The highest BCUT2D eigenvalue weighted by molar-refractivity contribution is 5.71. The second-order valence-electron chi connectivity index (χ2n) is 7.32. The molecule has 0 aliphatic rings. The Morgan fingerprint density at radius 1 is 0.828 bits per heavy atom. The number of carbonyl (C=O) groups excluding carboxylic acids is 1. The first-order chi connectivity index (χ1) is 13.9. The summed E-state index contributed by atoms with van der Waals surface area (Å²) in [6.45, 7) is 6.00. The molecule has 1 N–H and O–H groups in total. The molecule has 0 saturated heterocycles. The van der Waals surface area contributed by atoms with E-state index < -0.39 is 5.97 Å². The van der Waals surface area contributed by atoms with Crippen LogP contribution in [0.25, 0.3) is 0 Å². The molecule has 0 aromatic heterocycles. The Hall–Kier alpha value is -2.70. The number of benzene rings is 2. The van der Waals surface area contributed by atoms with Gasteiger partial charge in [-0.15, -0.1) is 0 Å². The van der Waals surface area contributed by atoms with Crippen molar-refractivity contribution in [3.05, 3.63) is 71.8 Å². The number of aliphatic carboxylic acids is 1. The van der Waals surface area contributed by atoms with Gasteiger partial charge in [0.2, 0.25) is 0 Å². The van der Waals surface area contributed by atoms with Gasteiger partial charge in [0.1, 0.15) is 0 Å². The zero-order chi connectivity index (χ0) is 21.1. The number of carbonyl (C=O) groups is 2. The van der Waals surface area contributed by atoms with Crippen molar-refractivity contribution < 1.29 is 19.4 Å². The van der Waals surface area contributed by atoms with Crippen molar-refractivity contribution >= 4 is 11.9 Å². The molecule has 0 heterocycles. The van der Waals surface area contributed by atoms with E-state index in [1.165, 1.54) is 0 Å². The normalized spacial score (nSPS) is 11.2. The van der Waals surface area contributed by atoms with Gasteiger partial charge >= 0.3 is 11.9 Å². The highest BCUT2D eigenvalue weighted by Gasteiger charge is 2.17. The van der Waals surface area contributed by atoms with Gasteiger partial charge in [0.15, 0.2) is 0 Å². The molecule has 0 spiro atoms. The SMILES string of the molecule is CC(C)OC(=O)CN(CCN(CC(=O)O)Cc1ccccc1)Cc1ccccc1. The predicted molar refractivity (Wildman–Crippen MR) is 112 cm³/mol. The van der Waals surface area contributed by atoms with Gasteiger partial charge in [-0.1, -0.05) is 60.7 Å². The summed E-state index contributed by atoms with van der Waals surface area (Å²) in [4.78, 5) is 27.4. The Bertz CT molecular complexity index is 750. The van der Waals surface area contributed by atoms with Crippen LogP contribution in [0, 0.1) is 0 Å². The fourth-order valence-electron chi connectivity index (χ4n) is 3.07. The molecular formula is C23H30N2O4.